The number of ether oxygens (including phenoxy) is 1. The third kappa shape index (κ3) is 3.66. The average molecular weight is 396 g/mol. The van der Waals surface area contributed by atoms with Crippen LogP contribution in [-0.4, -0.2) is 18.0 Å². The molecule has 3 aromatic rings. The van der Waals surface area contributed by atoms with Crippen molar-refractivity contribution >= 4 is 39.0 Å². The number of fused-ring (bicyclic) bond motifs is 1. The van der Waals surface area contributed by atoms with E-state index < -0.39 is 17.5 Å². The molecule has 0 radical (unpaired) electrons. The molecule has 2 aromatic heterocycles. The van der Waals surface area contributed by atoms with Crippen LogP contribution >= 0.6 is 11.3 Å². The second kappa shape index (κ2) is 7.66. The fraction of sp³-hybridized carbons (Fsp3) is 0.200. The number of anilines is 1. The Kier molecular flexibility index (Phi) is 5.29. The molecule has 0 spiro atoms. The van der Waals surface area contributed by atoms with Crippen LogP contribution in [0.15, 0.2) is 39.5 Å². The molecule has 3 rings (SSSR count). The van der Waals surface area contributed by atoms with Gasteiger partial charge in [-0.1, -0.05) is 18.2 Å². The zero-order valence-corrected chi connectivity index (χ0v) is 16.2. The minimum Gasteiger partial charge on any atom is -0.459 e. The summed E-state index contributed by atoms with van der Waals surface area (Å²) in [5.41, 5.74) is -0.0436. The van der Waals surface area contributed by atoms with Crippen LogP contribution in [-0.2, 0) is 4.74 Å². The number of esters is 1. The predicted octanol–water partition coefficient (Wildman–Crippen LogP) is 3.85. The first-order chi connectivity index (χ1) is 13.3. The molecule has 8 heteroatoms. The number of nitrogens with one attached hydrogen (secondary N) is 1. The molecule has 0 aliphatic carbocycles. The molecular formula is C20H16N2O5S. The van der Waals surface area contributed by atoms with Crippen molar-refractivity contribution in [3.05, 3.63) is 62.5 Å². The quantitative estimate of drug-likeness (QED) is 0.671. The molecule has 1 aromatic carbocycles. The standard InChI is InChI=1S/C20H16N2O5S/c1-10(2)26-20(25)16-11(3)14(9-21)18(28-16)22-17(23)15-8-12-6-4-5-7-13(12)19(24)27-15/h4-8,10H,1-3H3,(H,22,23). The van der Waals surface area contributed by atoms with Gasteiger partial charge in [-0.2, -0.15) is 5.26 Å². The van der Waals surface area contributed by atoms with Gasteiger partial charge in [0.05, 0.1) is 17.1 Å². The lowest BCUT2D eigenvalue weighted by Crippen LogP contribution is -2.14. The summed E-state index contributed by atoms with van der Waals surface area (Å²) in [5, 5.41) is 13.1. The second-order valence-electron chi connectivity index (χ2n) is 6.27. The largest absolute Gasteiger partial charge is 0.459 e. The van der Waals surface area contributed by atoms with Crippen molar-refractivity contribution < 1.29 is 18.7 Å². The smallest absolute Gasteiger partial charge is 0.348 e. The first-order valence-corrected chi connectivity index (χ1v) is 9.22. The van der Waals surface area contributed by atoms with Gasteiger partial charge in [0.15, 0.2) is 5.76 Å². The minimum atomic E-state index is -0.690. The van der Waals surface area contributed by atoms with Gasteiger partial charge >= 0.3 is 11.6 Å². The van der Waals surface area contributed by atoms with Gasteiger partial charge in [-0.05, 0) is 43.9 Å². The number of benzene rings is 1. The summed E-state index contributed by atoms with van der Waals surface area (Å²) in [6.07, 6.45) is -0.315. The second-order valence-corrected chi connectivity index (χ2v) is 7.29. The van der Waals surface area contributed by atoms with Crippen LogP contribution in [0.1, 0.15) is 45.2 Å². The van der Waals surface area contributed by atoms with Gasteiger partial charge in [-0.25, -0.2) is 9.59 Å². The third-order valence-corrected chi connectivity index (χ3v) is 5.09. The van der Waals surface area contributed by atoms with Crippen molar-refractivity contribution in [2.75, 3.05) is 5.32 Å². The number of nitrogens with zero attached hydrogens (tertiary/aromatic N) is 1. The van der Waals surface area contributed by atoms with Crippen molar-refractivity contribution in [2.45, 2.75) is 26.9 Å². The van der Waals surface area contributed by atoms with E-state index >= 15 is 0 Å². The number of amides is 1. The fourth-order valence-corrected chi connectivity index (χ4v) is 3.64. The van der Waals surface area contributed by atoms with E-state index in [1.54, 1.807) is 45.0 Å². The molecule has 142 valence electrons. The Morgan fingerprint density at radius 2 is 2.00 bits per heavy atom. The molecular weight excluding hydrogens is 380 g/mol. The molecule has 0 unspecified atom stereocenters. The van der Waals surface area contributed by atoms with Crippen molar-refractivity contribution in [1.29, 1.82) is 5.26 Å². The van der Waals surface area contributed by atoms with Crippen molar-refractivity contribution in [1.82, 2.24) is 0 Å². The summed E-state index contributed by atoms with van der Waals surface area (Å²) in [4.78, 5) is 37.1. The molecule has 0 bridgehead atoms. The van der Waals surface area contributed by atoms with Crippen LogP contribution in [0.4, 0.5) is 5.00 Å². The molecule has 0 saturated carbocycles. The molecule has 0 aliphatic heterocycles. The van der Waals surface area contributed by atoms with Crippen LogP contribution in [0.25, 0.3) is 10.8 Å². The Labute approximate surface area is 164 Å². The van der Waals surface area contributed by atoms with E-state index in [1.165, 1.54) is 6.07 Å². The molecule has 1 amide bonds. The van der Waals surface area contributed by atoms with Crippen LogP contribution in [0.3, 0.4) is 0 Å². The maximum Gasteiger partial charge on any atom is 0.348 e. The normalized spacial score (nSPS) is 10.7. The van der Waals surface area contributed by atoms with Gasteiger partial charge in [0, 0.05) is 0 Å². The summed E-state index contributed by atoms with van der Waals surface area (Å²) in [6, 6.07) is 10.2. The molecule has 0 atom stereocenters. The number of thiophene rings is 1. The van der Waals surface area contributed by atoms with Crippen LogP contribution in [0, 0.1) is 18.3 Å². The van der Waals surface area contributed by atoms with Crippen molar-refractivity contribution in [2.24, 2.45) is 0 Å². The summed E-state index contributed by atoms with van der Waals surface area (Å²) >= 11 is 0.943. The highest BCUT2D eigenvalue weighted by Crippen LogP contribution is 2.33. The van der Waals surface area contributed by atoms with Gasteiger partial charge < -0.3 is 14.5 Å². The number of rotatable bonds is 4. The van der Waals surface area contributed by atoms with Gasteiger partial charge in [-0.3, -0.25) is 4.79 Å². The van der Waals surface area contributed by atoms with Gasteiger partial charge in [0.1, 0.15) is 15.9 Å². The molecule has 7 nitrogen and oxygen atoms in total. The van der Waals surface area contributed by atoms with E-state index in [2.05, 4.69) is 5.32 Å². The SMILES string of the molecule is Cc1c(C(=O)OC(C)C)sc(NC(=O)c2cc3ccccc3c(=O)o2)c1C#N. The number of carbonyl (C=O) groups excluding carboxylic acids is 2. The Balaban J connectivity index is 1.95. The zero-order chi connectivity index (χ0) is 20.4. The third-order valence-electron chi connectivity index (χ3n) is 3.91. The van der Waals surface area contributed by atoms with E-state index in [0.717, 1.165) is 11.3 Å². The summed E-state index contributed by atoms with van der Waals surface area (Å²) in [6.45, 7) is 5.05. The molecule has 2 heterocycles. The Morgan fingerprint density at radius 1 is 1.29 bits per heavy atom. The molecule has 28 heavy (non-hydrogen) atoms. The molecule has 0 aliphatic rings. The van der Waals surface area contributed by atoms with Gasteiger partial charge in [0.25, 0.3) is 5.91 Å². The molecule has 0 fully saturated rings. The summed E-state index contributed by atoms with van der Waals surface area (Å²) < 4.78 is 10.3. The monoisotopic (exact) mass is 396 g/mol. The highest BCUT2D eigenvalue weighted by molar-refractivity contribution is 7.18. The maximum atomic E-state index is 12.6. The lowest BCUT2D eigenvalue weighted by molar-refractivity contribution is 0.0383. The van der Waals surface area contributed by atoms with Crippen molar-refractivity contribution in [3.8, 4) is 6.07 Å². The lowest BCUT2D eigenvalue weighted by atomic mass is 10.1. The Bertz CT molecular complexity index is 1180. The van der Waals surface area contributed by atoms with E-state index in [0.29, 0.717) is 16.3 Å². The van der Waals surface area contributed by atoms with Crippen LogP contribution in [0.2, 0.25) is 0 Å². The Morgan fingerprint density at radius 3 is 2.68 bits per heavy atom. The zero-order valence-electron chi connectivity index (χ0n) is 15.4. The molecule has 0 saturated heterocycles. The topological polar surface area (TPSA) is 109 Å². The number of carbonyl (C=O) groups is 2. The van der Waals surface area contributed by atoms with E-state index in [4.69, 9.17) is 9.15 Å². The maximum absolute atomic E-state index is 12.6. The first kappa shape index (κ1) is 19.3. The van der Waals surface area contributed by atoms with E-state index in [9.17, 15) is 19.6 Å². The Hall–Kier alpha value is -3.44. The highest BCUT2D eigenvalue weighted by atomic mass is 32.1. The minimum absolute atomic E-state index is 0.164. The number of nitriles is 1. The lowest BCUT2D eigenvalue weighted by Gasteiger charge is -2.06. The summed E-state index contributed by atoms with van der Waals surface area (Å²) in [7, 11) is 0. The van der Waals surface area contributed by atoms with Gasteiger partial charge in [0.2, 0.25) is 0 Å². The highest BCUT2D eigenvalue weighted by Gasteiger charge is 2.24. The van der Waals surface area contributed by atoms with Crippen LogP contribution < -0.4 is 10.9 Å². The van der Waals surface area contributed by atoms with Crippen LogP contribution in [0.5, 0.6) is 0 Å². The number of hydrogen-bond acceptors (Lipinski definition) is 7. The predicted molar refractivity (Wildman–Crippen MR) is 105 cm³/mol. The van der Waals surface area contributed by atoms with E-state index in [-0.39, 0.29) is 27.3 Å². The summed E-state index contributed by atoms with van der Waals surface area (Å²) in [5.74, 6) is -1.44. The average Bonchev–Trinajstić information content (AvgIpc) is 2.96. The first-order valence-electron chi connectivity index (χ1n) is 8.40. The van der Waals surface area contributed by atoms with E-state index in [1.807, 2.05) is 6.07 Å². The van der Waals surface area contributed by atoms with Gasteiger partial charge in [-0.15, -0.1) is 11.3 Å². The fourth-order valence-electron chi connectivity index (χ4n) is 2.61. The number of hydrogen-bond donors (Lipinski definition) is 1. The van der Waals surface area contributed by atoms with Crippen molar-refractivity contribution in [3.63, 3.8) is 0 Å². The molecule has 1 N–H and O–H groups in total.